The summed E-state index contributed by atoms with van der Waals surface area (Å²) in [7, 11) is 0. The molecule has 0 unspecified atom stereocenters. The molecule has 0 radical (unpaired) electrons. The fourth-order valence-electron chi connectivity index (χ4n) is 0.828. The van der Waals surface area contributed by atoms with Gasteiger partial charge in [-0.15, -0.1) is 0 Å². The van der Waals surface area contributed by atoms with E-state index in [0.29, 0.717) is 0 Å². The van der Waals surface area contributed by atoms with Gasteiger partial charge in [-0.25, -0.2) is 0 Å². The van der Waals surface area contributed by atoms with Crippen LogP contribution >= 0.6 is 0 Å². The van der Waals surface area contributed by atoms with Crippen LogP contribution in [0.2, 0.25) is 0 Å². The summed E-state index contributed by atoms with van der Waals surface area (Å²) in [5.74, 6) is 0.0876. The maximum absolute atomic E-state index is 10.4. The Hall–Kier alpha value is -2.11. The molecule has 0 saturated carbocycles. The third kappa shape index (κ3) is 2.19. The highest BCUT2D eigenvalue weighted by Gasteiger charge is 2.12. The molecule has 0 bridgehead atoms. The van der Waals surface area contributed by atoms with E-state index in [1.807, 2.05) is 0 Å². The van der Waals surface area contributed by atoms with Crippen molar-refractivity contribution in [1.82, 2.24) is 4.98 Å². The Morgan fingerprint density at radius 2 is 2.43 bits per heavy atom. The van der Waals surface area contributed by atoms with Crippen LogP contribution in [-0.2, 0) is 0 Å². The number of rotatable bonds is 4. The molecule has 0 amide bonds. The van der Waals surface area contributed by atoms with Crippen molar-refractivity contribution in [2.24, 2.45) is 0 Å². The molecule has 0 aliphatic rings. The van der Waals surface area contributed by atoms with Crippen LogP contribution in [-0.4, -0.2) is 16.5 Å². The molecule has 14 heavy (non-hydrogen) atoms. The molecule has 0 aliphatic heterocycles. The first-order valence-electron chi connectivity index (χ1n) is 3.79. The summed E-state index contributed by atoms with van der Waals surface area (Å²) in [6.45, 7) is 3.73. The molecule has 0 saturated heterocycles. The molecule has 6 heteroatoms. The van der Waals surface area contributed by atoms with Crippen molar-refractivity contribution >= 4 is 11.5 Å². The average molecular weight is 195 g/mol. The largest absolute Gasteiger partial charge is 0.473 e. The summed E-state index contributed by atoms with van der Waals surface area (Å²) in [5, 5.41) is 10.4. The summed E-state index contributed by atoms with van der Waals surface area (Å²) in [6, 6.07) is 2.64. The second-order valence-electron chi connectivity index (χ2n) is 2.41. The number of nitrogens with zero attached hydrogens (tertiary/aromatic N) is 2. The van der Waals surface area contributed by atoms with Crippen molar-refractivity contribution in [2.45, 2.75) is 0 Å². The third-order valence-corrected chi connectivity index (χ3v) is 1.42. The number of ether oxygens (including phenoxy) is 1. The van der Waals surface area contributed by atoms with E-state index < -0.39 is 4.92 Å². The van der Waals surface area contributed by atoms with Crippen molar-refractivity contribution in [2.75, 3.05) is 12.3 Å². The van der Waals surface area contributed by atoms with Crippen LogP contribution in [0.15, 0.2) is 24.8 Å². The monoisotopic (exact) mass is 195 g/mol. The molecule has 0 fully saturated rings. The molecule has 0 atom stereocenters. The highest BCUT2D eigenvalue weighted by Crippen LogP contribution is 2.21. The summed E-state index contributed by atoms with van der Waals surface area (Å²) < 4.78 is 5.04. The lowest BCUT2D eigenvalue weighted by molar-refractivity contribution is -0.384. The van der Waals surface area contributed by atoms with E-state index in [2.05, 4.69) is 11.6 Å². The maximum Gasteiger partial charge on any atom is 0.311 e. The highest BCUT2D eigenvalue weighted by atomic mass is 16.6. The Bertz CT molecular complexity index is 365. The molecular weight excluding hydrogens is 186 g/mol. The van der Waals surface area contributed by atoms with E-state index in [0.717, 1.165) is 0 Å². The predicted molar refractivity (Wildman–Crippen MR) is 51.0 cm³/mol. The van der Waals surface area contributed by atoms with Crippen molar-refractivity contribution in [3.8, 4) is 5.88 Å². The molecule has 1 heterocycles. The quantitative estimate of drug-likeness (QED) is 0.441. The molecule has 0 aliphatic carbocycles. The number of nitro groups is 1. The zero-order valence-corrected chi connectivity index (χ0v) is 7.34. The van der Waals surface area contributed by atoms with Crippen LogP contribution in [0.3, 0.4) is 0 Å². The topological polar surface area (TPSA) is 91.3 Å². The molecule has 6 nitrogen and oxygen atoms in total. The lowest BCUT2D eigenvalue weighted by Gasteiger charge is -2.02. The second kappa shape index (κ2) is 4.22. The van der Waals surface area contributed by atoms with Crippen molar-refractivity contribution in [3.63, 3.8) is 0 Å². The Kier molecular flexibility index (Phi) is 3.01. The molecule has 2 N–H and O–H groups in total. The highest BCUT2D eigenvalue weighted by molar-refractivity contribution is 5.53. The first-order chi connectivity index (χ1) is 6.65. The van der Waals surface area contributed by atoms with Crippen LogP contribution in [0.4, 0.5) is 11.5 Å². The minimum atomic E-state index is -0.598. The van der Waals surface area contributed by atoms with Gasteiger partial charge in [0.15, 0.2) is 0 Å². The van der Waals surface area contributed by atoms with Gasteiger partial charge < -0.3 is 10.5 Å². The maximum atomic E-state index is 10.4. The average Bonchev–Trinajstić information content (AvgIpc) is 2.14. The Balaban J connectivity index is 2.88. The molecule has 0 aromatic carbocycles. The second-order valence-corrected chi connectivity index (χ2v) is 2.41. The van der Waals surface area contributed by atoms with Gasteiger partial charge in [0, 0.05) is 12.1 Å². The first kappa shape index (κ1) is 9.97. The van der Waals surface area contributed by atoms with Gasteiger partial charge in [0.25, 0.3) is 0 Å². The van der Waals surface area contributed by atoms with Gasteiger partial charge in [0.05, 0.1) is 4.92 Å². The zero-order valence-electron chi connectivity index (χ0n) is 7.34. The predicted octanol–water partition coefficient (Wildman–Crippen LogP) is 1.14. The fourth-order valence-corrected chi connectivity index (χ4v) is 0.828. The number of anilines is 1. The molecule has 1 aromatic rings. The number of pyridine rings is 1. The number of hydrogen-bond acceptors (Lipinski definition) is 5. The van der Waals surface area contributed by atoms with Gasteiger partial charge in [-0.05, 0) is 0 Å². The number of aromatic nitrogens is 1. The summed E-state index contributed by atoms with van der Waals surface area (Å²) in [4.78, 5) is 13.5. The molecular formula is C8H9N3O3. The van der Waals surface area contributed by atoms with Crippen LogP contribution in [0.1, 0.15) is 0 Å². The van der Waals surface area contributed by atoms with Crippen LogP contribution in [0.25, 0.3) is 0 Å². The van der Waals surface area contributed by atoms with E-state index >= 15 is 0 Å². The van der Waals surface area contributed by atoms with E-state index in [-0.39, 0.29) is 24.0 Å². The third-order valence-electron chi connectivity index (χ3n) is 1.42. The van der Waals surface area contributed by atoms with Gasteiger partial charge >= 0.3 is 5.69 Å². The SMILES string of the molecule is C=CCOc1ccc([N+](=O)[O-])c(N)n1. The molecule has 0 spiro atoms. The minimum absolute atomic E-state index is 0.156. The van der Waals surface area contributed by atoms with Gasteiger partial charge in [-0.2, -0.15) is 4.98 Å². The summed E-state index contributed by atoms with van der Waals surface area (Å²) in [5.41, 5.74) is 5.11. The van der Waals surface area contributed by atoms with Crippen LogP contribution < -0.4 is 10.5 Å². The van der Waals surface area contributed by atoms with E-state index in [1.165, 1.54) is 12.1 Å². The number of nitrogen functional groups attached to an aromatic ring is 1. The molecule has 74 valence electrons. The molecule has 1 rings (SSSR count). The summed E-state index contributed by atoms with van der Waals surface area (Å²) >= 11 is 0. The minimum Gasteiger partial charge on any atom is -0.473 e. The standard InChI is InChI=1S/C8H9N3O3/c1-2-5-14-7-4-3-6(11(12)13)8(9)10-7/h2-4H,1,5H2,(H2,9,10). The van der Waals surface area contributed by atoms with E-state index in [4.69, 9.17) is 10.5 Å². The van der Waals surface area contributed by atoms with Crippen LogP contribution in [0.5, 0.6) is 5.88 Å². The van der Waals surface area contributed by atoms with Crippen LogP contribution in [0, 0.1) is 10.1 Å². The van der Waals surface area contributed by atoms with Crippen molar-refractivity contribution in [3.05, 3.63) is 34.9 Å². The van der Waals surface area contributed by atoms with Gasteiger partial charge in [0.2, 0.25) is 11.7 Å². The smallest absolute Gasteiger partial charge is 0.311 e. The van der Waals surface area contributed by atoms with Gasteiger partial charge in [-0.3, -0.25) is 10.1 Å². The number of hydrogen-bond donors (Lipinski definition) is 1. The Morgan fingerprint density at radius 1 is 1.71 bits per heavy atom. The van der Waals surface area contributed by atoms with E-state index in [9.17, 15) is 10.1 Å². The first-order valence-corrected chi connectivity index (χ1v) is 3.79. The molecule has 1 aromatic heterocycles. The lowest BCUT2D eigenvalue weighted by atomic mass is 10.4. The lowest BCUT2D eigenvalue weighted by Crippen LogP contribution is -2.01. The number of nitrogens with two attached hydrogens (primary N) is 1. The normalized spacial score (nSPS) is 9.43. The van der Waals surface area contributed by atoms with Gasteiger partial charge in [0.1, 0.15) is 6.61 Å². The Labute approximate surface area is 80.2 Å². The summed E-state index contributed by atoms with van der Waals surface area (Å²) in [6.07, 6.45) is 1.54. The van der Waals surface area contributed by atoms with Gasteiger partial charge in [-0.1, -0.05) is 12.7 Å². The van der Waals surface area contributed by atoms with Crippen molar-refractivity contribution < 1.29 is 9.66 Å². The fraction of sp³-hybridized carbons (Fsp3) is 0.125. The van der Waals surface area contributed by atoms with E-state index in [1.54, 1.807) is 6.08 Å². The van der Waals surface area contributed by atoms with Crippen molar-refractivity contribution in [1.29, 1.82) is 0 Å². The zero-order chi connectivity index (χ0) is 10.6. The Morgan fingerprint density at radius 3 is 2.93 bits per heavy atom.